The van der Waals surface area contributed by atoms with Crippen LogP contribution in [-0.2, 0) is 0 Å². The molecule has 114 valence electrons. The molecule has 1 N–H and O–H groups in total. The maximum Gasteiger partial charge on any atom is 0.293 e. The van der Waals surface area contributed by atoms with Crippen LogP contribution in [0.1, 0.15) is 5.56 Å². The quantitative estimate of drug-likeness (QED) is 0.517. The van der Waals surface area contributed by atoms with E-state index in [1.165, 1.54) is 12.3 Å². The fourth-order valence-electron chi connectivity index (χ4n) is 1.87. The molecule has 0 bridgehead atoms. The number of para-hydroxylation sites is 1. The van der Waals surface area contributed by atoms with Gasteiger partial charge in [-0.25, -0.2) is 0 Å². The molecule has 0 saturated carbocycles. The van der Waals surface area contributed by atoms with Gasteiger partial charge < -0.3 is 4.90 Å². The van der Waals surface area contributed by atoms with Crippen molar-refractivity contribution >= 4 is 34.9 Å². The van der Waals surface area contributed by atoms with Gasteiger partial charge in [0, 0.05) is 25.7 Å². The van der Waals surface area contributed by atoms with Gasteiger partial charge in [0.2, 0.25) is 0 Å². The smallest absolute Gasteiger partial charge is 0.293 e. The maximum atomic E-state index is 11.1. The van der Waals surface area contributed by atoms with Gasteiger partial charge in [-0.15, -0.1) is 0 Å². The molecule has 22 heavy (non-hydrogen) atoms. The summed E-state index contributed by atoms with van der Waals surface area (Å²) in [6.45, 7) is 0. The summed E-state index contributed by atoms with van der Waals surface area (Å²) in [6.07, 6.45) is 1.51. The summed E-state index contributed by atoms with van der Waals surface area (Å²) >= 11 is 6.00. The highest BCUT2D eigenvalue weighted by Crippen LogP contribution is 2.27. The number of nitrogens with one attached hydrogen (secondary N) is 1. The van der Waals surface area contributed by atoms with Crippen molar-refractivity contribution in [1.82, 2.24) is 0 Å². The molecule has 0 heterocycles. The van der Waals surface area contributed by atoms with Gasteiger partial charge in [-0.05, 0) is 18.2 Å². The van der Waals surface area contributed by atoms with Crippen molar-refractivity contribution in [2.24, 2.45) is 5.10 Å². The molecule has 0 atom stereocenters. The SMILES string of the molecule is CN(C)c1ccc(/C=N\Nc2ccccc2Cl)cc1[N+](=O)[O-]. The number of nitrogens with zero attached hydrogens (tertiary/aromatic N) is 3. The van der Waals surface area contributed by atoms with Gasteiger partial charge in [0.1, 0.15) is 5.69 Å². The van der Waals surface area contributed by atoms with Crippen LogP contribution in [0.15, 0.2) is 47.6 Å². The number of nitro benzene ring substituents is 1. The Bertz CT molecular complexity index is 716. The third-order valence-corrected chi connectivity index (χ3v) is 3.28. The second kappa shape index (κ2) is 6.91. The third kappa shape index (κ3) is 3.73. The Morgan fingerprint density at radius 3 is 2.64 bits per heavy atom. The average Bonchev–Trinajstić information content (AvgIpc) is 2.49. The van der Waals surface area contributed by atoms with Crippen molar-refractivity contribution in [2.45, 2.75) is 0 Å². The molecule has 0 aliphatic rings. The zero-order valence-electron chi connectivity index (χ0n) is 12.2. The molecule has 0 unspecified atom stereocenters. The van der Waals surface area contributed by atoms with Gasteiger partial charge >= 0.3 is 0 Å². The van der Waals surface area contributed by atoms with E-state index in [0.717, 1.165) is 0 Å². The van der Waals surface area contributed by atoms with E-state index < -0.39 is 4.92 Å². The molecule has 0 aromatic heterocycles. The second-order valence-corrected chi connectivity index (χ2v) is 5.16. The zero-order chi connectivity index (χ0) is 16.1. The molecule has 0 aliphatic heterocycles. The fraction of sp³-hybridized carbons (Fsp3) is 0.133. The van der Waals surface area contributed by atoms with E-state index in [0.29, 0.717) is 22.0 Å². The lowest BCUT2D eigenvalue weighted by Gasteiger charge is -2.12. The number of hydrogen-bond acceptors (Lipinski definition) is 5. The number of rotatable bonds is 5. The third-order valence-electron chi connectivity index (χ3n) is 2.95. The molecule has 0 spiro atoms. The van der Waals surface area contributed by atoms with Gasteiger partial charge in [0.25, 0.3) is 5.69 Å². The molecular formula is C15H15ClN4O2. The summed E-state index contributed by atoms with van der Waals surface area (Å²) in [5.74, 6) is 0. The van der Waals surface area contributed by atoms with Crippen LogP contribution < -0.4 is 10.3 Å². The first-order valence-electron chi connectivity index (χ1n) is 6.48. The molecule has 0 amide bonds. The summed E-state index contributed by atoms with van der Waals surface area (Å²) in [5, 5.41) is 15.7. The van der Waals surface area contributed by atoms with Crippen molar-refractivity contribution in [3.8, 4) is 0 Å². The molecule has 2 aromatic rings. The predicted molar refractivity (Wildman–Crippen MR) is 90.1 cm³/mol. The van der Waals surface area contributed by atoms with Crippen molar-refractivity contribution < 1.29 is 4.92 Å². The van der Waals surface area contributed by atoms with E-state index in [9.17, 15) is 10.1 Å². The standard InChI is InChI=1S/C15H15ClN4O2/c1-19(2)14-8-7-11(9-15(14)20(21)22)10-17-18-13-6-4-3-5-12(13)16/h3-10,18H,1-2H3/b17-10-. The van der Waals surface area contributed by atoms with E-state index in [2.05, 4.69) is 10.5 Å². The van der Waals surface area contributed by atoms with E-state index in [4.69, 9.17) is 11.6 Å². The largest absolute Gasteiger partial charge is 0.372 e. The van der Waals surface area contributed by atoms with Crippen LogP contribution in [0.4, 0.5) is 17.1 Å². The fourth-order valence-corrected chi connectivity index (χ4v) is 2.05. The molecule has 2 aromatic carbocycles. The summed E-state index contributed by atoms with van der Waals surface area (Å²) in [7, 11) is 3.52. The number of nitro groups is 1. The van der Waals surface area contributed by atoms with E-state index in [-0.39, 0.29) is 5.69 Å². The molecule has 2 rings (SSSR count). The lowest BCUT2D eigenvalue weighted by molar-refractivity contribution is -0.384. The highest BCUT2D eigenvalue weighted by molar-refractivity contribution is 6.33. The number of hydrazone groups is 1. The molecule has 6 nitrogen and oxygen atoms in total. The first kappa shape index (κ1) is 15.8. The normalized spacial score (nSPS) is 10.7. The molecule has 0 aliphatic carbocycles. The molecule has 0 radical (unpaired) electrons. The van der Waals surface area contributed by atoms with E-state index in [1.807, 2.05) is 12.1 Å². The summed E-state index contributed by atoms with van der Waals surface area (Å²) < 4.78 is 0. The van der Waals surface area contributed by atoms with Gasteiger partial charge in [-0.1, -0.05) is 29.8 Å². The first-order chi connectivity index (χ1) is 10.5. The molecule has 7 heteroatoms. The highest BCUT2D eigenvalue weighted by Gasteiger charge is 2.15. The minimum atomic E-state index is -0.409. The van der Waals surface area contributed by atoms with Crippen LogP contribution in [0.3, 0.4) is 0 Å². The Kier molecular flexibility index (Phi) is 4.95. The Morgan fingerprint density at radius 1 is 1.27 bits per heavy atom. The van der Waals surface area contributed by atoms with Crippen molar-refractivity contribution in [3.63, 3.8) is 0 Å². The van der Waals surface area contributed by atoms with E-state index in [1.54, 1.807) is 43.3 Å². The number of halogens is 1. The monoisotopic (exact) mass is 318 g/mol. The summed E-state index contributed by atoms with van der Waals surface area (Å²) in [4.78, 5) is 12.4. The van der Waals surface area contributed by atoms with Crippen LogP contribution in [0.25, 0.3) is 0 Å². The predicted octanol–water partition coefficient (Wildman–Crippen LogP) is 3.76. The summed E-state index contributed by atoms with van der Waals surface area (Å²) in [5.41, 5.74) is 4.67. The minimum absolute atomic E-state index is 0.0340. The van der Waals surface area contributed by atoms with Crippen LogP contribution in [-0.4, -0.2) is 25.2 Å². The van der Waals surface area contributed by atoms with Crippen molar-refractivity contribution in [3.05, 3.63) is 63.2 Å². The van der Waals surface area contributed by atoms with Crippen LogP contribution in [0, 0.1) is 10.1 Å². The van der Waals surface area contributed by atoms with Gasteiger partial charge in [-0.2, -0.15) is 5.10 Å². The Labute approximate surface area is 133 Å². The highest BCUT2D eigenvalue weighted by atomic mass is 35.5. The van der Waals surface area contributed by atoms with Gasteiger partial charge in [0.15, 0.2) is 0 Å². The average molecular weight is 319 g/mol. The number of anilines is 2. The Balaban J connectivity index is 2.20. The number of benzene rings is 2. The van der Waals surface area contributed by atoms with Gasteiger partial charge in [-0.3, -0.25) is 15.5 Å². The second-order valence-electron chi connectivity index (χ2n) is 4.75. The number of hydrogen-bond donors (Lipinski definition) is 1. The van der Waals surface area contributed by atoms with Crippen LogP contribution in [0.2, 0.25) is 5.02 Å². The molecule has 0 fully saturated rings. The van der Waals surface area contributed by atoms with Crippen molar-refractivity contribution in [2.75, 3.05) is 24.4 Å². The van der Waals surface area contributed by atoms with E-state index >= 15 is 0 Å². The van der Waals surface area contributed by atoms with Crippen LogP contribution in [0.5, 0.6) is 0 Å². The first-order valence-corrected chi connectivity index (χ1v) is 6.86. The lowest BCUT2D eigenvalue weighted by atomic mass is 10.2. The zero-order valence-corrected chi connectivity index (χ0v) is 12.9. The Hall–Kier alpha value is -2.60. The van der Waals surface area contributed by atoms with Crippen molar-refractivity contribution in [1.29, 1.82) is 0 Å². The lowest BCUT2D eigenvalue weighted by Crippen LogP contribution is -2.11. The Morgan fingerprint density at radius 2 is 2.00 bits per heavy atom. The van der Waals surface area contributed by atoms with Crippen LogP contribution >= 0.6 is 11.6 Å². The minimum Gasteiger partial charge on any atom is -0.372 e. The molecular weight excluding hydrogens is 304 g/mol. The molecule has 0 saturated heterocycles. The van der Waals surface area contributed by atoms with Gasteiger partial charge in [0.05, 0.1) is 21.8 Å². The topological polar surface area (TPSA) is 70.8 Å². The summed E-state index contributed by atoms with van der Waals surface area (Å²) in [6, 6.07) is 12.1. The maximum absolute atomic E-state index is 11.1.